The number of carboxylic acid groups (broad SMARTS) is 1. The third-order valence-corrected chi connectivity index (χ3v) is 7.33. The van der Waals surface area contributed by atoms with Crippen LogP contribution < -0.4 is 0 Å². The molecule has 1 aliphatic heterocycles. The van der Waals surface area contributed by atoms with E-state index >= 15 is 0 Å². The van der Waals surface area contributed by atoms with Crippen LogP contribution in [0.25, 0.3) is 0 Å². The summed E-state index contributed by atoms with van der Waals surface area (Å²) in [5.74, 6) is -1.52. The third-order valence-electron chi connectivity index (χ3n) is 6.59. The standard InChI is InChI=1S/C24H25Cl2NO8/c1-27(24(33)35-23-20(30)18(28)19(29)21(34-23)22(31)32)17-9-7-12(13-4-2-3-5-14(13)17)11-6-8-15(25)16(26)10-11/h2-6,8,10,12,17-21,23,28-30H,7,9H2,1H3,(H,31,32)/t12-,17-,18?,19?,20?,21?,23?/m0/s1. The summed E-state index contributed by atoms with van der Waals surface area (Å²) in [5.41, 5.74) is 2.92. The second-order valence-corrected chi connectivity index (χ2v) is 9.49. The van der Waals surface area contributed by atoms with E-state index in [1.165, 1.54) is 11.9 Å². The Morgan fingerprint density at radius 2 is 1.66 bits per heavy atom. The maximum absolute atomic E-state index is 13.0. The number of rotatable bonds is 4. The largest absolute Gasteiger partial charge is 0.479 e. The number of halogens is 2. The zero-order chi connectivity index (χ0) is 25.4. The van der Waals surface area contributed by atoms with Crippen molar-refractivity contribution in [3.63, 3.8) is 0 Å². The molecule has 2 aliphatic rings. The van der Waals surface area contributed by atoms with Crippen LogP contribution in [0.5, 0.6) is 0 Å². The summed E-state index contributed by atoms with van der Waals surface area (Å²) < 4.78 is 10.3. The number of aliphatic hydroxyl groups is 3. The molecule has 11 heteroatoms. The minimum Gasteiger partial charge on any atom is -0.479 e. The van der Waals surface area contributed by atoms with E-state index in [0.29, 0.717) is 22.9 Å². The quantitative estimate of drug-likeness (QED) is 0.478. The van der Waals surface area contributed by atoms with Gasteiger partial charge in [0.2, 0.25) is 6.29 Å². The van der Waals surface area contributed by atoms with Gasteiger partial charge in [-0.05, 0) is 41.7 Å². The first-order valence-electron chi connectivity index (χ1n) is 11.0. The van der Waals surface area contributed by atoms with Crippen LogP contribution >= 0.6 is 23.2 Å². The highest BCUT2D eigenvalue weighted by atomic mass is 35.5. The lowest BCUT2D eigenvalue weighted by Gasteiger charge is -2.40. The van der Waals surface area contributed by atoms with Gasteiger partial charge in [-0.1, -0.05) is 53.5 Å². The second kappa shape index (κ2) is 10.3. The van der Waals surface area contributed by atoms with Crippen molar-refractivity contribution in [3.8, 4) is 0 Å². The molecule has 1 heterocycles. The van der Waals surface area contributed by atoms with Crippen molar-refractivity contribution in [2.24, 2.45) is 0 Å². The average molecular weight is 526 g/mol. The lowest BCUT2D eigenvalue weighted by molar-refractivity contribution is -0.280. The molecule has 2 aromatic rings. The van der Waals surface area contributed by atoms with Crippen molar-refractivity contribution in [2.75, 3.05) is 7.05 Å². The molecule has 4 N–H and O–H groups in total. The molecule has 0 aromatic heterocycles. The number of hydrogen-bond donors (Lipinski definition) is 4. The molecule has 188 valence electrons. The van der Waals surface area contributed by atoms with Crippen LogP contribution in [0.2, 0.25) is 10.0 Å². The van der Waals surface area contributed by atoms with Crippen LogP contribution in [0.3, 0.4) is 0 Å². The van der Waals surface area contributed by atoms with Gasteiger partial charge in [0.1, 0.15) is 18.3 Å². The number of nitrogens with zero attached hydrogens (tertiary/aromatic N) is 1. The van der Waals surface area contributed by atoms with Gasteiger partial charge in [-0.15, -0.1) is 0 Å². The van der Waals surface area contributed by atoms with Crippen molar-refractivity contribution >= 4 is 35.3 Å². The van der Waals surface area contributed by atoms with Gasteiger partial charge in [-0.2, -0.15) is 0 Å². The SMILES string of the molecule is CN(C(=O)OC1OC(C(=O)O)C(O)C(O)C1O)[C@H]1CC[C@@H](c2ccc(Cl)c(Cl)c2)c2ccccc21. The predicted molar refractivity (Wildman–Crippen MR) is 125 cm³/mol. The van der Waals surface area contributed by atoms with Crippen LogP contribution in [0.4, 0.5) is 4.79 Å². The number of benzene rings is 2. The number of fused-ring (bicyclic) bond motifs is 1. The van der Waals surface area contributed by atoms with Crippen molar-refractivity contribution in [3.05, 3.63) is 69.2 Å². The van der Waals surface area contributed by atoms with Gasteiger partial charge in [0.15, 0.2) is 6.10 Å². The van der Waals surface area contributed by atoms with Gasteiger partial charge in [-0.25, -0.2) is 9.59 Å². The number of carbonyl (C=O) groups is 2. The predicted octanol–water partition coefficient (Wildman–Crippen LogP) is 2.92. The smallest absolute Gasteiger partial charge is 0.412 e. The molecule has 4 rings (SSSR count). The number of hydrogen-bond acceptors (Lipinski definition) is 7. The topological polar surface area (TPSA) is 137 Å². The first-order valence-corrected chi connectivity index (χ1v) is 11.8. The maximum Gasteiger partial charge on any atom is 0.412 e. The summed E-state index contributed by atoms with van der Waals surface area (Å²) in [6.45, 7) is 0. The molecule has 7 atom stereocenters. The van der Waals surface area contributed by atoms with Gasteiger partial charge < -0.3 is 34.8 Å². The summed E-state index contributed by atoms with van der Waals surface area (Å²) in [5, 5.41) is 40.1. The van der Waals surface area contributed by atoms with Crippen LogP contribution in [0.15, 0.2) is 42.5 Å². The van der Waals surface area contributed by atoms with E-state index in [-0.39, 0.29) is 12.0 Å². The minimum atomic E-state index is -1.88. The van der Waals surface area contributed by atoms with Gasteiger partial charge >= 0.3 is 12.1 Å². The summed E-state index contributed by atoms with van der Waals surface area (Å²) in [7, 11) is 1.53. The van der Waals surface area contributed by atoms with Gasteiger partial charge in [0.25, 0.3) is 0 Å². The first-order chi connectivity index (χ1) is 16.6. The molecule has 0 saturated carbocycles. The Balaban J connectivity index is 1.54. The Morgan fingerprint density at radius 1 is 0.971 bits per heavy atom. The monoisotopic (exact) mass is 525 g/mol. The van der Waals surface area contributed by atoms with E-state index in [1.807, 2.05) is 36.4 Å². The third kappa shape index (κ3) is 4.97. The Kier molecular flexibility index (Phi) is 7.56. The Morgan fingerprint density at radius 3 is 2.31 bits per heavy atom. The van der Waals surface area contributed by atoms with Crippen molar-refractivity contribution in [1.29, 1.82) is 0 Å². The zero-order valence-electron chi connectivity index (χ0n) is 18.6. The number of aliphatic carboxylic acids is 1. The zero-order valence-corrected chi connectivity index (χ0v) is 20.1. The second-order valence-electron chi connectivity index (χ2n) is 8.68. The fraction of sp³-hybridized carbons (Fsp3) is 0.417. The van der Waals surface area contributed by atoms with Crippen molar-refractivity contribution in [1.82, 2.24) is 4.90 Å². The lowest BCUT2D eigenvalue weighted by atomic mass is 9.76. The van der Waals surface area contributed by atoms with Crippen LogP contribution in [-0.2, 0) is 14.3 Å². The molecule has 0 bridgehead atoms. The average Bonchev–Trinajstić information content (AvgIpc) is 2.84. The first kappa shape index (κ1) is 25.7. The van der Waals surface area contributed by atoms with E-state index in [0.717, 1.165) is 16.7 Å². The van der Waals surface area contributed by atoms with E-state index in [4.69, 9.17) is 32.7 Å². The molecule has 5 unspecified atom stereocenters. The number of carboxylic acids is 1. The molecule has 0 radical (unpaired) electrons. The fourth-order valence-electron chi connectivity index (χ4n) is 4.70. The van der Waals surface area contributed by atoms with Gasteiger partial charge in [-0.3, -0.25) is 0 Å². The van der Waals surface area contributed by atoms with Crippen molar-refractivity contribution < 1.29 is 39.5 Å². The minimum absolute atomic E-state index is 0.0399. The van der Waals surface area contributed by atoms with Gasteiger partial charge in [0.05, 0.1) is 16.1 Å². The summed E-state index contributed by atoms with van der Waals surface area (Å²) in [4.78, 5) is 25.6. The van der Waals surface area contributed by atoms with Crippen molar-refractivity contribution in [2.45, 2.75) is 55.5 Å². The highest BCUT2D eigenvalue weighted by Gasteiger charge is 2.49. The molecule has 35 heavy (non-hydrogen) atoms. The van der Waals surface area contributed by atoms with Crippen LogP contribution in [-0.4, -0.2) is 75.1 Å². The van der Waals surface area contributed by atoms with E-state index in [9.17, 15) is 30.0 Å². The van der Waals surface area contributed by atoms with Gasteiger partial charge in [0, 0.05) is 13.0 Å². The molecule has 1 saturated heterocycles. The lowest BCUT2D eigenvalue weighted by Crippen LogP contribution is -2.61. The number of aliphatic hydroxyl groups excluding tert-OH is 3. The molecule has 9 nitrogen and oxygen atoms in total. The maximum atomic E-state index is 13.0. The van der Waals surface area contributed by atoms with E-state index in [1.54, 1.807) is 6.07 Å². The molecular formula is C24H25Cl2NO8. The summed E-state index contributed by atoms with van der Waals surface area (Å²) >= 11 is 12.3. The Labute approximate surface area is 211 Å². The van der Waals surface area contributed by atoms with Crippen LogP contribution in [0.1, 0.15) is 41.5 Å². The van der Waals surface area contributed by atoms with E-state index < -0.39 is 42.8 Å². The van der Waals surface area contributed by atoms with E-state index in [2.05, 4.69) is 0 Å². The summed E-state index contributed by atoms with van der Waals surface area (Å²) in [6.07, 6.45) is -8.79. The molecule has 2 aromatic carbocycles. The highest BCUT2D eigenvalue weighted by molar-refractivity contribution is 6.42. The molecule has 1 amide bonds. The number of ether oxygens (including phenoxy) is 2. The Hall–Kier alpha value is -2.40. The fourth-order valence-corrected chi connectivity index (χ4v) is 5.01. The molecular weight excluding hydrogens is 501 g/mol. The summed E-state index contributed by atoms with van der Waals surface area (Å²) in [6, 6.07) is 12.8. The normalized spacial score (nSPS) is 30.3. The highest BCUT2D eigenvalue weighted by Crippen LogP contribution is 2.44. The molecule has 1 fully saturated rings. The molecule has 0 spiro atoms. The number of carbonyl (C=O) groups excluding carboxylic acids is 1. The number of amides is 1. The van der Waals surface area contributed by atoms with Crippen LogP contribution in [0, 0.1) is 0 Å². The Bertz CT molecular complexity index is 1110. The molecule has 1 aliphatic carbocycles.